The summed E-state index contributed by atoms with van der Waals surface area (Å²) in [7, 11) is 0. The Morgan fingerprint density at radius 3 is 2.78 bits per heavy atom. The number of hydrogen-bond donors (Lipinski definition) is 0. The highest BCUT2D eigenvalue weighted by Crippen LogP contribution is 2.37. The van der Waals surface area contributed by atoms with Crippen LogP contribution in [0, 0.1) is 0 Å². The van der Waals surface area contributed by atoms with Crippen molar-refractivity contribution in [1.29, 1.82) is 0 Å². The average Bonchev–Trinajstić information content (AvgIpc) is 3.15. The number of ether oxygens (including phenoxy) is 1. The van der Waals surface area contributed by atoms with Crippen molar-refractivity contribution in [2.75, 3.05) is 0 Å². The Hall–Kier alpha value is -1.88. The first-order chi connectivity index (χ1) is 11.3. The number of piperidine rings is 1. The molecular formula is C18H20N2O2S. The molecule has 2 aliphatic heterocycles. The Bertz CT molecular complexity index is 645. The van der Waals surface area contributed by atoms with Crippen LogP contribution in [-0.2, 0) is 11.2 Å². The highest BCUT2D eigenvalue weighted by Gasteiger charge is 2.43. The fourth-order valence-electron chi connectivity index (χ4n) is 3.90. The Balaban J connectivity index is 1.41. The number of aromatic nitrogens is 1. The van der Waals surface area contributed by atoms with Crippen LogP contribution < -0.4 is 4.74 Å². The van der Waals surface area contributed by atoms with Crippen LogP contribution >= 0.6 is 11.3 Å². The second-order valence-corrected chi connectivity index (χ2v) is 7.17. The Morgan fingerprint density at radius 2 is 2.13 bits per heavy atom. The maximum absolute atomic E-state index is 12.7. The highest BCUT2D eigenvalue weighted by molar-refractivity contribution is 7.08. The molecular weight excluding hydrogens is 308 g/mol. The van der Waals surface area contributed by atoms with Crippen LogP contribution in [0.1, 0.15) is 31.2 Å². The third kappa shape index (κ3) is 3.11. The van der Waals surface area contributed by atoms with Gasteiger partial charge in [-0.1, -0.05) is 0 Å². The first kappa shape index (κ1) is 14.7. The van der Waals surface area contributed by atoms with Gasteiger partial charge in [0.2, 0.25) is 5.91 Å². The van der Waals surface area contributed by atoms with E-state index in [1.807, 2.05) is 23.6 Å². The number of fused-ring (bicyclic) bond motifs is 2. The van der Waals surface area contributed by atoms with Crippen LogP contribution in [0.25, 0.3) is 0 Å². The number of carbonyl (C=O) groups is 1. The van der Waals surface area contributed by atoms with E-state index in [1.54, 1.807) is 23.7 Å². The molecule has 0 N–H and O–H groups in total. The van der Waals surface area contributed by atoms with E-state index < -0.39 is 0 Å². The standard InChI is InChI=1S/C18H20N2O2S/c21-18(8-13-5-7-23-12-13)20-14-3-4-15(20)10-17(9-14)22-16-2-1-6-19-11-16/h1-2,5-7,11-12,14-15,17H,3-4,8-10H2. The van der Waals surface area contributed by atoms with Crippen LogP contribution in [0.4, 0.5) is 0 Å². The molecule has 4 heterocycles. The van der Waals surface area contributed by atoms with Crippen molar-refractivity contribution in [3.8, 4) is 5.75 Å². The third-order valence-corrected chi connectivity index (χ3v) is 5.58. The van der Waals surface area contributed by atoms with E-state index >= 15 is 0 Å². The summed E-state index contributed by atoms with van der Waals surface area (Å²) in [5.41, 5.74) is 1.13. The molecule has 4 rings (SSSR count). The number of amides is 1. The van der Waals surface area contributed by atoms with Crippen molar-refractivity contribution in [2.24, 2.45) is 0 Å². The third-order valence-electron chi connectivity index (χ3n) is 4.85. The molecule has 0 saturated carbocycles. The van der Waals surface area contributed by atoms with Crippen molar-refractivity contribution < 1.29 is 9.53 Å². The second-order valence-electron chi connectivity index (χ2n) is 6.39. The van der Waals surface area contributed by atoms with E-state index in [0.29, 0.717) is 18.5 Å². The van der Waals surface area contributed by atoms with Crippen molar-refractivity contribution in [2.45, 2.75) is 50.3 Å². The maximum atomic E-state index is 12.7. The van der Waals surface area contributed by atoms with Gasteiger partial charge in [0.15, 0.2) is 0 Å². The number of hydrogen-bond acceptors (Lipinski definition) is 4. The van der Waals surface area contributed by atoms with E-state index in [1.165, 1.54) is 0 Å². The normalized spacial score (nSPS) is 26.3. The van der Waals surface area contributed by atoms with E-state index in [0.717, 1.165) is 37.0 Å². The molecule has 2 fully saturated rings. The topological polar surface area (TPSA) is 42.4 Å². The molecule has 4 nitrogen and oxygen atoms in total. The molecule has 2 saturated heterocycles. The maximum Gasteiger partial charge on any atom is 0.227 e. The minimum atomic E-state index is 0.196. The summed E-state index contributed by atoms with van der Waals surface area (Å²) in [6.45, 7) is 0. The van der Waals surface area contributed by atoms with Gasteiger partial charge in [0, 0.05) is 31.1 Å². The van der Waals surface area contributed by atoms with Crippen molar-refractivity contribution in [3.63, 3.8) is 0 Å². The minimum Gasteiger partial charge on any atom is -0.489 e. The highest BCUT2D eigenvalue weighted by atomic mass is 32.1. The van der Waals surface area contributed by atoms with Crippen LogP contribution in [0.15, 0.2) is 41.4 Å². The number of nitrogens with zero attached hydrogens (tertiary/aromatic N) is 2. The molecule has 1 amide bonds. The number of rotatable bonds is 4. The lowest BCUT2D eigenvalue weighted by atomic mass is 9.98. The molecule has 0 aliphatic carbocycles. The van der Waals surface area contributed by atoms with Crippen LogP contribution in [0.2, 0.25) is 0 Å². The lowest BCUT2D eigenvalue weighted by molar-refractivity contribution is -0.136. The second kappa shape index (κ2) is 6.32. The monoisotopic (exact) mass is 328 g/mol. The average molecular weight is 328 g/mol. The molecule has 5 heteroatoms. The van der Waals surface area contributed by atoms with E-state index in [9.17, 15) is 4.79 Å². The SMILES string of the molecule is O=C(Cc1ccsc1)N1C2CCC1CC(Oc1cccnc1)C2. The molecule has 120 valence electrons. The van der Waals surface area contributed by atoms with E-state index in [-0.39, 0.29) is 12.0 Å². The summed E-state index contributed by atoms with van der Waals surface area (Å²) >= 11 is 1.65. The quantitative estimate of drug-likeness (QED) is 0.865. The van der Waals surface area contributed by atoms with Gasteiger partial charge in [-0.2, -0.15) is 11.3 Å². The smallest absolute Gasteiger partial charge is 0.227 e. The predicted molar refractivity (Wildman–Crippen MR) is 89.6 cm³/mol. The minimum absolute atomic E-state index is 0.196. The molecule has 2 unspecified atom stereocenters. The summed E-state index contributed by atoms with van der Waals surface area (Å²) in [4.78, 5) is 18.9. The van der Waals surface area contributed by atoms with Gasteiger partial charge in [-0.25, -0.2) is 0 Å². The zero-order valence-corrected chi connectivity index (χ0v) is 13.7. The molecule has 23 heavy (non-hydrogen) atoms. The van der Waals surface area contributed by atoms with Crippen molar-refractivity contribution in [3.05, 3.63) is 46.9 Å². The Morgan fingerprint density at radius 1 is 1.30 bits per heavy atom. The molecule has 2 aliphatic rings. The van der Waals surface area contributed by atoms with Gasteiger partial charge >= 0.3 is 0 Å². The van der Waals surface area contributed by atoms with Crippen molar-refractivity contribution >= 4 is 17.2 Å². The van der Waals surface area contributed by atoms with Gasteiger partial charge in [0.25, 0.3) is 0 Å². The number of pyridine rings is 1. The lowest BCUT2D eigenvalue weighted by Gasteiger charge is -2.39. The lowest BCUT2D eigenvalue weighted by Crippen LogP contribution is -2.49. The number of thiophene rings is 1. The first-order valence-corrected chi connectivity index (χ1v) is 9.13. The summed E-state index contributed by atoms with van der Waals surface area (Å²) < 4.78 is 6.07. The molecule has 0 aromatic carbocycles. The fourth-order valence-corrected chi connectivity index (χ4v) is 4.57. The Labute approximate surface area is 140 Å². The van der Waals surface area contributed by atoms with Crippen molar-refractivity contribution in [1.82, 2.24) is 9.88 Å². The number of carbonyl (C=O) groups excluding carboxylic acids is 1. The van der Waals surface area contributed by atoms with Gasteiger partial charge in [0.05, 0.1) is 12.6 Å². The fraction of sp³-hybridized carbons (Fsp3) is 0.444. The molecule has 0 radical (unpaired) electrons. The molecule has 2 atom stereocenters. The van der Waals surface area contributed by atoms with Gasteiger partial charge in [-0.3, -0.25) is 9.78 Å². The zero-order chi connectivity index (χ0) is 15.6. The summed E-state index contributed by atoms with van der Waals surface area (Å²) in [6, 6.07) is 6.55. The predicted octanol–water partition coefficient (Wildman–Crippen LogP) is 3.29. The summed E-state index contributed by atoms with van der Waals surface area (Å²) in [5.74, 6) is 1.10. The van der Waals surface area contributed by atoms with Crippen LogP contribution in [0.5, 0.6) is 5.75 Å². The molecule has 2 aromatic rings. The summed E-state index contributed by atoms with van der Waals surface area (Å²) in [5, 5.41) is 4.10. The van der Waals surface area contributed by atoms with E-state index in [2.05, 4.69) is 15.3 Å². The van der Waals surface area contributed by atoms with E-state index in [4.69, 9.17) is 4.74 Å². The van der Waals surface area contributed by atoms with Gasteiger partial charge in [-0.15, -0.1) is 0 Å². The van der Waals surface area contributed by atoms with Crippen LogP contribution in [0.3, 0.4) is 0 Å². The zero-order valence-electron chi connectivity index (χ0n) is 12.9. The Kier molecular flexibility index (Phi) is 4.04. The largest absolute Gasteiger partial charge is 0.489 e. The molecule has 2 bridgehead atoms. The molecule has 0 spiro atoms. The molecule has 2 aromatic heterocycles. The summed E-state index contributed by atoms with van der Waals surface area (Å²) in [6.07, 6.45) is 8.31. The van der Waals surface area contributed by atoms with Gasteiger partial charge < -0.3 is 9.64 Å². The van der Waals surface area contributed by atoms with Crippen LogP contribution in [-0.4, -0.2) is 34.0 Å². The van der Waals surface area contributed by atoms with Gasteiger partial charge in [0.1, 0.15) is 11.9 Å². The van der Waals surface area contributed by atoms with Gasteiger partial charge in [-0.05, 0) is 47.4 Å². The first-order valence-electron chi connectivity index (χ1n) is 8.18.